The molecule has 8 N–H and O–H groups in total. The molecule has 20 heteroatoms. The Labute approximate surface area is 281 Å². The van der Waals surface area contributed by atoms with Crippen molar-refractivity contribution in [3.63, 3.8) is 0 Å². The minimum Gasteiger partial charge on any atom is -0.504 e. The Morgan fingerprint density at radius 3 is 2.58 bits per heavy atom. The molecule has 2 aliphatic heterocycles. The van der Waals surface area contributed by atoms with Crippen LogP contribution in [0, 0.1) is 0 Å². The van der Waals surface area contributed by atoms with Crippen LogP contribution in [0.25, 0.3) is 0 Å². The van der Waals surface area contributed by atoms with Crippen LogP contribution in [-0.2, 0) is 38.4 Å². The van der Waals surface area contributed by atoms with Gasteiger partial charge in [0.25, 0.3) is 17.7 Å². The average Bonchev–Trinajstić information content (AvgIpc) is 3.46. The molecule has 258 valence electrons. The molecule has 3 amide bonds. The van der Waals surface area contributed by atoms with Crippen molar-refractivity contribution in [3.05, 3.63) is 45.4 Å². The Morgan fingerprint density at radius 1 is 1.23 bits per heavy atom. The molecule has 3 heterocycles. The van der Waals surface area contributed by atoms with E-state index >= 15 is 0 Å². The van der Waals surface area contributed by atoms with Gasteiger partial charge in [-0.15, -0.1) is 23.1 Å². The van der Waals surface area contributed by atoms with Gasteiger partial charge in [-0.2, -0.15) is 0 Å². The van der Waals surface area contributed by atoms with Crippen molar-refractivity contribution < 1.29 is 53.8 Å². The fourth-order valence-corrected chi connectivity index (χ4v) is 6.30. The first-order chi connectivity index (χ1) is 22.7. The molecule has 18 nitrogen and oxygen atoms in total. The van der Waals surface area contributed by atoms with Gasteiger partial charge in [-0.25, -0.2) is 14.6 Å². The number of hydrogen-bond donors (Lipinski definition) is 7. The van der Waals surface area contributed by atoms with Crippen LogP contribution in [-0.4, -0.2) is 102 Å². The maximum Gasteiger partial charge on any atom is 0.352 e. The number of carbonyl (C=O) groups excluding carboxylic acids is 4. The van der Waals surface area contributed by atoms with Crippen LogP contribution in [0.1, 0.15) is 45.7 Å². The number of fused-ring (bicyclic) bond motifs is 1. The number of anilines is 1. The lowest BCUT2D eigenvalue weighted by atomic mass is 10.00. The molecular formula is C28H33N7O11S2. The Kier molecular flexibility index (Phi) is 11.1. The van der Waals surface area contributed by atoms with Crippen LogP contribution in [0.2, 0.25) is 0 Å². The van der Waals surface area contributed by atoms with Gasteiger partial charge in [0.1, 0.15) is 22.8 Å². The highest BCUT2D eigenvalue weighted by Crippen LogP contribution is 2.40. The number of thioether (sulfide) groups is 1. The van der Waals surface area contributed by atoms with E-state index < -0.39 is 63.9 Å². The summed E-state index contributed by atoms with van der Waals surface area (Å²) in [5.74, 6) is -6.44. The number of ketones is 1. The van der Waals surface area contributed by atoms with Gasteiger partial charge in [-0.05, 0) is 31.9 Å². The Morgan fingerprint density at radius 2 is 1.96 bits per heavy atom. The number of oxime groups is 1. The van der Waals surface area contributed by atoms with Crippen LogP contribution in [0.15, 0.2) is 44.9 Å². The summed E-state index contributed by atoms with van der Waals surface area (Å²) in [7, 11) is 0. The van der Waals surface area contributed by atoms with Crippen LogP contribution in [0.3, 0.4) is 0 Å². The van der Waals surface area contributed by atoms with E-state index in [0.29, 0.717) is 6.61 Å². The Balaban J connectivity index is 1.49. The molecule has 0 radical (unpaired) electrons. The standard InChI is InChI=1S/C28H33N7O11S2/c1-4-5-6-45-33-14-8-17(37)16(36)7-13(14)21(38)30-9-12-10-47-24-19(23(40)35(24)20(12)25(41)42)32-22(39)18(15-11-48-27(29)31-15)34-46-28(2,3)26(43)44/h7,11,19,24,33,36H,4-6,8-10H2,1-3H3,(H2,29,31)(H,30,38)(H,32,39)(H,41,42)(H,43,44)/b34-18-/t19?,24-/m0/s1. The third-order valence-corrected chi connectivity index (χ3v) is 9.14. The number of nitrogens with one attached hydrogen (secondary N) is 3. The molecule has 0 saturated carbocycles. The highest BCUT2D eigenvalue weighted by atomic mass is 32.2. The molecule has 1 aromatic rings. The zero-order valence-corrected chi connectivity index (χ0v) is 27.5. The van der Waals surface area contributed by atoms with Crippen molar-refractivity contribution in [1.29, 1.82) is 0 Å². The largest absolute Gasteiger partial charge is 0.504 e. The molecule has 2 atom stereocenters. The molecule has 1 fully saturated rings. The number of carbonyl (C=O) groups is 6. The van der Waals surface area contributed by atoms with Gasteiger partial charge in [0.15, 0.2) is 16.6 Å². The van der Waals surface area contributed by atoms with E-state index in [-0.39, 0.29) is 52.1 Å². The predicted octanol–water partition coefficient (Wildman–Crippen LogP) is 0.154. The van der Waals surface area contributed by atoms with E-state index in [1.54, 1.807) is 0 Å². The number of unbranched alkanes of at least 4 members (excludes halogenated alkanes) is 1. The third-order valence-electron chi connectivity index (χ3n) is 7.13. The second kappa shape index (κ2) is 14.9. The van der Waals surface area contributed by atoms with E-state index in [9.17, 15) is 44.1 Å². The van der Waals surface area contributed by atoms with Crippen molar-refractivity contribution in [2.24, 2.45) is 5.16 Å². The summed E-state index contributed by atoms with van der Waals surface area (Å²) in [5.41, 5.74) is 5.81. The number of carboxylic acids is 2. The topological polar surface area (TPSA) is 272 Å². The Hall–Kier alpha value is -4.95. The van der Waals surface area contributed by atoms with E-state index in [4.69, 9.17) is 15.4 Å². The third kappa shape index (κ3) is 7.77. The number of hydroxylamine groups is 1. The minimum atomic E-state index is -1.81. The number of rotatable bonds is 15. The van der Waals surface area contributed by atoms with Crippen molar-refractivity contribution in [1.82, 2.24) is 26.0 Å². The van der Waals surface area contributed by atoms with E-state index in [0.717, 1.165) is 46.9 Å². The predicted molar refractivity (Wildman–Crippen MR) is 170 cm³/mol. The number of thiazole rings is 1. The molecule has 0 bridgehead atoms. The molecule has 4 rings (SSSR count). The molecule has 0 aromatic carbocycles. The number of aliphatic carboxylic acids is 2. The van der Waals surface area contributed by atoms with Crippen LogP contribution >= 0.6 is 23.1 Å². The van der Waals surface area contributed by atoms with Crippen LogP contribution < -0.4 is 21.8 Å². The van der Waals surface area contributed by atoms with E-state index in [1.807, 2.05) is 6.92 Å². The molecular weight excluding hydrogens is 674 g/mol. The number of aromatic nitrogens is 1. The summed E-state index contributed by atoms with van der Waals surface area (Å²) in [4.78, 5) is 90.8. The number of Topliss-reactive ketones (excluding diaryl/α,β-unsaturated/α-hetero) is 1. The number of nitrogens with zero attached hydrogens (tertiary/aromatic N) is 3. The number of aliphatic hydroxyl groups is 1. The van der Waals surface area contributed by atoms with Gasteiger partial charge >= 0.3 is 11.9 Å². The molecule has 1 aromatic heterocycles. The monoisotopic (exact) mass is 707 g/mol. The first-order valence-electron chi connectivity index (χ1n) is 14.4. The van der Waals surface area contributed by atoms with E-state index in [2.05, 4.69) is 26.3 Å². The lowest BCUT2D eigenvalue weighted by Crippen LogP contribution is -2.71. The van der Waals surface area contributed by atoms with E-state index in [1.165, 1.54) is 19.2 Å². The number of allylic oxidation sites excluding steroid dienone is 2. The molecule has 3 aliphatic rings. The van der Waals surface area contributed by atoms with Crippen molar-refractivity contribution in [3.8, 4) is 0 Å². The number of carboxylic acid groups (broad SMARTS) is 2. The van der Waals surface area contributed by atoms with Gasteiger partial charge in [-0.1, -0.05) is 18.5 Å². The number of amides is 3. The number of nitrogen functional groups attached to an aromatic ring is 1. The quantitative estimate of drug-likeness (QED) is 0.0553. The number of nitrogens with two attached hydrogens (primary N) is 1. The van der Waals surface area contributed by atoms with Crippen molar-refractivity contribution in [2.45, 2.75) is 57.1 Å². The Bertz CT molecular complexity index is 1660. The fraction of sp³-hybridized carbons (Fsp3) is 0.429. The first kappa shape index (κ1) is 35.9. The summed E-state index contributed by atoms with van der Waals surface area (Å²) >= 11 is 2.11. The van der Waals surface area contributed by atoms with Gasteiger partial charge in [0.2, 0.25) is 11.4 Å². The lowest BCUT2D eigenvalue weighted by Gasteiger charge is -2.49. The van der Waals surface area contributed by atoms with Gasteiger partial charge in [0, 0.05) is 17.7 Å². The zero-order valence-electron chi connectivity index (χ0n) is 25.9. The molecule has 0 spiro atoms. The number of β-lactam (4-membered cyclic amide) rings is 1. The second-order valence-corrected chi connectivity index (χ2v) is 13.0. The smallest absolute Gasteiger partial charge is 0.352 e. The molecule has 1 aliphatic carbocycles. The van der Waals surface area contributed by atoms with Crippen molar-refractivity contribution >= 4 is 69.4 Å². The van der Waals surface area contributed by atoms with Crippen molar-refractivity contribution in [2.75, 3.05) is 24.6 Å². The highest BCUT2D eigenvalue weighted by Gasteiger charge is 2.54. The maximum atomic E-state index is 13.3. The van der Waals surface area contributed by atoms with Gasteiger partial charge in [-0.3, -0.25) is 34.4 Å². The normalized spacial score (nSPS) is 19.7. The van der Waals surface area contributed by atoms with Crippen LogP contribution in [0.4, 0.5) is 5.13 Å². The zero-order chi connectivity index (χ0) is 35.3. The summed E-state index contributed by atoms with van der Waals surface area (Å²) in [5, 5.41) is 38.7. The van der Waals surface area contributed by atoms with Gasteiger partial charge < -0.3 is 36.5 Å². The fourth-order valence-electron chi connectivity index (χ4n) is 4.41. The van der Waals surface area contributed by atoms with Crippen LogP contribution in [0.5, 0.6) is 0 Å². The molecule has 1 saturated heterocycles. The number of hydrogen-bond acceptors (Lipinski definition) is 15. The summed E-state index contributed by atoms with van der Waals surface area (Å²) in [6, 6.07) is -1.19. The molecule has 48 heavy (non-hydrogen) atoms. The summed E-state index contributed by atoms with van der Waals surface area (Å²) < 4.78 is 0. The minimum absolute atomic E-state index is 0.0354. The SMILES string of the molecule is CCCCONC1=C(C(=O)NCC2=C(C(=O)O)N3C(=O)C(NC(=O)/C(=N\OC(C)(C)C(=O)O)c4csc(N)n4)[C@@H]3SC2)C=C(O)C(=O)C1. The maximum absolute atomic E-state index is 13.3. The van der Waals surface area contributed by atoms with Gasteiger partial charge in [0.05, 0.1) is 24.3 Å². The lowest BCUT2D eigenvalue weighted by molar-refractivity contribution is -0.161. The molecule has 1 unspecified atom stereocenters. The second-order valence-electron chi connectivity index (χ2n) is 11.0. The number of aliphatic hydroxyl groups excluding tert-OH is 1. The first-order valence-corrected chi connectivity index (χ1v) is 16.3. The average molecular weight is 708 g/mol. The highest BCUT2D eigenvalue weighted by molar-refractivity contribution is 8.00. The summed E-state index contributed by atoms with van der Waals surface area (Å²) in [6.45, 7) is 4.39. The summed E-state index contributed by atoms with van der Waals surface area (Å²) in [6.07, 6.45) is 2.23.